The van der Waals surface area contributed by atoms with Crippen LogP contribution in [0.2, 0.25) is 8.67 Å². The summed E-state index contributed by atoms with van der Waals surface area (Å²) in [5.41, 5.74) is 0.573. The molecular formula is C12H15Cl2NOS. The Morgan fingerprint density at radius 1 is 1.59 bits per heavy atom. The van der Waals surface area contributed by atoms with Crippen LogP contribution in [0.15, 0.2) is 6.07 Å². The summed E-state index contributed by atoms with van der Waals surface area (Å²) in [5, 5.41) is 0. The maximum atomic E-state index is 12.1. The first-order chi connectivity index (χ1) is 8.11. The molecule has 0 aliphatic carbocycles. The van der Waals surface area contributed by atoms with Crippen LogP contribution in [0.4, 0.5) is 0 Å². The Kier molecular flexibility index (Phi) is 4.47. The molecule has 5 heteroatoms. The summed E-state index contributed by atoms with van der Waals surface area (Å²) in [4.78, 5) is 14.4. The van der Waals surface area contributed by atoms with Gasteiger partial charge in [0.2, 0.25) is 0 Å². The zero-order valence-electron chi connectivity index (χ0n) is 9.71. The van der Waals surface area contributed by atoms with Crippen molar-refractivity contribution in [2.75, 3.05) is 13.1 Å². The van der Waals surface area contributed by atoms with E-state index in [0.29, 0.717) is 26.8 Å². The van der Waals surface area contributed by atoms with Crippen LogP contribution in [0.25, 0.3) is 0 Å². The van der Waals surface area contributed by atoms with Gasteiger partial charge in [-0.05, 0) is 31.9 Å². The highest BCUT2D eigenvalue weighted by Crippen LogP contribution is 2.32. The van der Waals surface area contributed by atoms with Crippen LogP contribution in [-0.4, -0.2) is 29.8 Å². The number of likely N-dealkylation sites (tertiary alicyclic amines) is 1. The van der Waals surface area contributed by atoms with E-state index in [1.807, 2.05) is 0 Å². The maximum absolute atomic E-state index is 12.1. The second-order valence-electron chi connectivity index (χ2n) is 4.34. The fraction of sp³-hybridized carbons (Fsp3) is 0.583. The molecule has 0 bridgehead atoms. The molecule has 0 amide bonds. The van der Waals surface area contributed by atoms with E-state index >= 15 is 0 Å². The third-order valence-corrected chi connectivity index (χ3v) is 4.76. The van der Waals surface area contributed by atoms with Gasteiger partial charge in [0.15, 0.2) is 5.78 Å². The fourth-order valence-corrected chi connectivity index (χ4v) is 3.86. The Hall–Kier alpha value is -0.0900. The van der Waals surface area contributed by atoms with Gasteiger partial charge in [-0.2, -0.15) is 0 Å². The third kappa shape index (κ3) is 3.02. The second kappa shape index (κ2) is 5.70. The van der Waals surface area contributed by atoms with Crippen molar-refractivity contribution in [1.29, 1.82) is 0 Å². The Bertz CT molecular complexity index is 419. The highest BCUT2D eigenvalue weighted by atomic mass is 35.5. The van der Waals surface area contributed by atoms with Crippen molar-refractivity contribution in [1.82, 2.24) is 4.90 Å². The minimum atomic E-state index is 0.0819. The van der Waals surface area contributed by atoms with Gasteiger partial charge in [-0.3, -0.25) is 9.69 Å². The van der Waals surface area contributed by atoms with Crippen LogP contribution >= 0.6 is 34.5 Å². The van der Waals surface area contributed by atoms with Crippen molar-refractivity contribution < 1.29 is 4.79 Å². The average molecular weight is 292 g/mol. The number of ketones is 1. The molecule has 17 heavy (non-hydrogen) atoms. The minimum Gasteiger partial charge on any atom is -0.293 e. The molecule has 0 saturated carbocycles. The molecule has 1 fully saturated rings. The molecule has 1 aromatic rings. The molecule has 2 heterocycles. The zero-order chi connectivity index (χ0) is 12.4. The first-order valence-corrected chi connectivity index (χ1v) is 7.41. The molecule has 0 aromatic carbocycles. The molecule has 1 aromatic heterocycles. The van der Waals surface area contributed by atoms with E-state index in [9.17, 15) is 4.79 Å². The third-order valence-electron chi connectivity index (χ3n) is 3.27. The molecule has 0 radical (unpaired) electrons. The molecule has 1 aliphatic heterocycles. The number of halogens is 2. The van der Waals surface area contributed by atoms with Gasteiger partial charge < -0.3 is 0 Å². The average Bonchev–Trinajstić information content (AvgIpc) is 2.84. The molecule has 2 rings (SSSR count). The van der Waals surface area contributed by atoms with Crippen LogP contribution in [0.3, 0.4) is 0 Å². The quantitative estimate of drug-likeness (QED) is 0.778. The van der Waals surface area contributed by atoms with Crippen molar-refractivity contribution in [3.05, 3.63) is 20.3 Å². The molecule has 1 atom stereocenters. The summed E-state index contributed by atoms with van der Waals surface area (Å²) in [6, 6.07) is 2.22. The molecule has 1 saturated heterocycles. The standard InChI is InChI=1S/C12H15Cl2NOS/c1-2-8-4-3-5-15(8)7-10(16)9-6-11(13)17-12(9)14/h6,8H,2-5,7H2,1H3. The van der Waals surface area contributed by atoms with E-state index in [-0.39, 0.29) is 5.78 Å². The van der Waals surface area contributed by atoms with Gasteiger partial charge in [-0.1, -0.05) is 30.1 Å². The Morgan fingerprint density at radius 2 is 2.35 bits per heavy atom. The predicted octanol–water partition coefficient (Wildman–Crippen LogP) is 4.11. The lowest BCUT2D eigenvalue weighted by molar-refractivity contribution is 0.0921. The van der Waals surface area contributed by atoms with Crippen LogP contribution in [0.5, 0.6) is 0 Å². The monoisotopic (exact) mass is 291 g/mol. The minimum absolute atomic E-state index is 0.0819. The first-order valence-electron chi connectivity index (χ1n) is 5.84. The fourth-order valence-electron chi connectivity index (χ4n) is 2.37. The number of hydrogen-bond donors (Lipinski definition) is 0. The van der Waals surface area contributed by atoms with Crippen molar-refractivity contribution in [3.63, 3.8) is 0 Å². The number of Topliss-reactive ketones (excluding diaryl/α,β-unsaturated/α-hetero) is 1. The Morgan fingerprint density at radius 3 is 2.94 bits per heavy atom. The summed E-state index contributed by atoms with van der Waals surface area (Å²) in [7, 11) is 0. The van der Waals surface area contributed by atoms with Crippen LogP contribution in [-0.2, 0) is 0 Å². The van der Waals surface area contributed by atoms with Gasteiger partial charge in [0, 0.05) is 6.04 Å². The SMILES string of the molecule is CCC1CCCN1CC(=O)c1cc(Cl)sc1Cl. The normalized spacial score (nSPS) is 21.0. The lowest BCUT2D eigenvalue weighted by Crippen LogP contribution is -2.33. The Labute approximate surface area is 116 Å². The highest BCUT2D eigenvalue weighted by molar-refractivity contribution is 7.20. The maximum Gasteiger partial charge on any atom is 0.179 e. The smallest absolute Gasteiger partial charge is 0.179 e. The van der Waals surface area contributed by atoms with Gasteiger partial charge >= 0.3 is 0 Å². The van der Waals surface area contributed by atoms with Gasteiger partial charge in [-0.15, -0.1) is 11.3 Å². The molecule has 94 valence electrons. The largest absolute Gasteiger partial charge is 0.293 e. The summed E-state index contributed by atoms with van der Waals surface area (Å²) in [5.74, 6) is 0.0819. The summed E-state index contributed by atoms with van der Waals surface area (Å²) < 4.78 is 1.08. The van der Waals surface area contributed by atoms with Gasteiger partial charge in [0.25, 0.3) is 0 Å². The molecule has 0 N–H and O–H groups in total. The molecule has 2 nitrogen and oxygen atoms in total. The summed E-state index contributed by atoms with van der Waals surface area (Å²) >= 11 is 13.1. The van der Waals surface area contributed by atoms with Crippen LogP contribution in [0, 0.1) is 0 Å². The van der Waals surface area contributed by atoms with Crippen molar-refractivity contribution in [2.45, 2.75) is 32.2 Å². The topological polar surface area (TPSA) is 20.3 Å². The molecule has 1 unspecified atom stereocenters. The van der Waals surface area contributed by atoms with Crippen LogP contribution in [0.1, 0.15) is 36.5 Å². The number of thiophene rings is 1. The van der Waals surface area contributed by atoms with E-state index in [4.69, 9.17) is 23.2 Å². The molecular weight excluding hydrogens is 277 g/mol. The predicted molar refractivity (Wildman–Crippen MR) is 73.6 cm³/mol. The van der Waals surface area contributed by atoms with Crippen LogP contribution < -0.4 is 0 Å². The summed E-state index contributed by atoms with van der Waals surface area (Å²) in [6.45, 7) is 3.65. The van der Waals surface area contributed by atoms with Crippen molar-refractivity contribution in [2.24, 2.45) is 0 Å². The summed E-state index contributed by atoms with van der Waals surface area (Å²) in [6.07, 6.45) is 3.48. The van der Waals surface area contributed by atoms with Crippen molar-refractivity contribution in [3.8, 4) is 0 Å². The first kappa shape index (κ1) is 13.3. The number of rotatable bonds is 4. The lowest BCUT2D eigenvalue weighted by atomic mass is 10.1. The number of carbonyl (C=O) groups is 1. The Balaban J connectivity index is 2.04. The number of hydrogen-bond acceptors (Lipinski definition) is 3. The van der Waals surface area contributed by atoms with E-state index in [1.165, 1.54) is 24.2 Å². The zero-order valence-corrected chi connectivity index (χ0v) is 12.0. The van der Waals surface area contributed by atoms with Gasteiger partial charge in [-0.25, -0.2) is 0 Å². The van der Waals surface area contributed by atoms with Gasteiger partial charge in [0.05, 0.1) is 16.4 Å². The molecule has 1 aliphatic rings. The second-order valence-corrected chi connectivity index (χ2v) is 6.62. The highest BCUT2D eigenvalue weighted by Gasteiger charge is 2.26. The lowest BCUT2D eigenvalue weighted by Gasteiger charge is -2.22. The molecule has 0 spiro atoms. The number of nitrogens with zero attached hydrogens (tertiary/aromatic N) is 1. The van der Waals surface area contributed by atoms with E-state index in [0.717, 1.165) is 13.0 Å². The number of carbonyl (C=O) groups excluding carboxylic acids is 1. The van der Waals surface area contributed by atoms with Crippen molar-refractivity contribution >= 4 is 40.3 Å². The van der Waals surface area contributed by atoms with E-state index < -0.39 is 0 Å². The van der Waals surface area contributed by atoms with Gasteiger partial charge in [0.1, 0.15) is 4.34 Å². The van der Waals surface area contributed by atoms with E-state index in [2.05, 4.69) is 11.8 Å². The van der Waals surface area contributed by atoms with E-state index in [1.54, 1.807) is 6.07 Å².